The quantitative estimate of drug-likeness (QED) is 0.342. The number of benzene rings is 1. The van der Waals surface area contributed by atoms with Crippen LogP contribution in [0, 0.1) is 5.82 Å². The fourth-order valence-corrected chi connectivity index (χ4v) is 5.22. The zero-order valence-electron chi connectivity index (χ0n) is 23.0. The second-order valence-corrected chi connectivity index (χ2v) is 11.2. The highest BCUT2D eigenvalue weighted by molar-refractivity contribution is 9.10. The highest BCUT2D eigenvalue weighted by atomic mass is 79.9. The van der Waals surface area contributed by atoms with Gasteiger partial charge in [0.25, 0.3) is 5.91 Å². The number of hydrogen-bond acceptors (Lipinski definition) is 6. The minimum Gasteiger partial charge on any atom is -0.491 e. The van der Waals surface area contributed by atoms with Crippen LogP contribution in [0.5, 0.6) is 5.75 Å². The largest absolute Gasteiger partial charge is 0.491 e. The molecular formula is C28H33BrFN5O4. The molecule has 208 valence electrons. The summed E-state index contributed by atoms with van der Waals surface area (Å²) in [4.78, 5) is 38.0. The van der Waals surface area contributed by atoms with Gasteiger partial charge >= 0.3 is 6.09 Å². The summed E-state index contributed by atoms with van der Waals surface area (Å²) in [7, 11) is 1.61. The molecule has 1 aromatic carbocycles. The van der Waals surface area contributed by atoms with E-state index >= 15 is 0 Å². The second kappa shape index (κ2) is 11.3. The van der Waals surface area contributed by atoms with Gasteiger partial charge in [-0.2, -0.15) is 0 Å². The number of anilines is 1. The van der Waals surface area contributed by atoms with Crippen molar-refractivity contribution in [2.24, 2.45) is 0 Å². The van der Waals surface area contributed by atoms with Crippen molar-refractivity contribution in [1.29, 1.82) is 0 Å². The zero-order chi connectivity index (χ0) is 28.5. The molecule has 0 fully saturated rings. The molecule has 1 aliphatic heterocycles. The minimum atomic E-state index is -0.635. The number of ether oxygens (including phenoxy) is 2. The van der Waals surface area contributed by atoms with Gasteiger partial charge in [0.05, 0.1) is 31.1 Å². The van der Waals surface area contributed by atoms with E-state index in [0.29, 0.717) is 43.3 Å². The van der Waals surface area contributed by atoms with Gasteiger partial charge < -0.3 is 18.9 Å². The third kappa shape index (κ3) is 6.24. The Morgan fingerprint density at radius 3 is 2.69 bits per heavy atom. The maximum Gasteiger partial charge on any atom is 0.416 e. The Hall–Kier alpha value is -3.47. The molecule has 11 heteroatoms. The van der Waals surface area contributed by atoms with Gasteiger partial charge in [-0.05, 0) is 64.3 Å². The Kier molecular flexibility index (Phi) is 8.29. The number of aromatic nitrogens is 3. The monoisotopic (exact) mass is 601 g/mol. The van der Waals surface area contributed by atoms with Gasteiger partial charge in [0, 0.05) is 42.1 Å². The van der Waals surface area contributed by atoms with Crippen LogP contribution in [0.3, 0.4) is 0 Å². The summed E-state index contributed by atoms with van der Waals surface area (Å²) in [5.74, 6) is -0.121. The Labute approximate surface area is 236 Å². The first kappa shape index (κ1) is 28.5. The molecule has 39 heavy (non-hydrogen) atoms. The highest BCUT2D eigenvalue weighted by Gasteiger charge is 2.31. The minimum absolute atomic E-state index is 0.122. The van der Waals surface area contributed by atoms with Crippen molar-refractivity contribution >= 4 is 33.9 Å². The zero-order valence-corrected chi connectivity index (χ0v) is 24.6. The standard InChI is InChI=1S/C28H33BrFN5O4/c1-7-38-24-14-23(32-15-22(24)30)17(2)35-10-8-19-20(25(35)36)12-18(13-21(19)29)16-34-11-9-31-26(34)33(6)27(37)39-28(3,4)5/h9,11-15,17H,7-8,10,16H2,1-6H3. The van der Waals surface area contributed by atoms with Gasteiger partial charge in [0.15, 0.2) is 11.6 Å². The van der Waals surface area contributed by atoms with Crippen molar-refractivity contribution in [1.82, 2.24) is 19.4 Å². The lowest BCUT2D eigenvalue weighted by Gasteiger charge is -2.34. The predicted octanol–water partition coefficient (Wildman–Crippen LogP) is 5.76. The molecule has 0 saturated heterocycles. The van der Waals surface area contributed by atoms with Crippen LogP contribution in [0.1, 0.15) is 67.8 Å². The Bertz CT molecular complexity index is 1390. The molecule has 0 radical (unpaired) electrons. The van der Waals surface area contributed by atoms with Gasteiger partial charge in [0.2, 0.25) is 5.95 Å². The number of fused-ring (bicyclic) bond motifs is 1. The summed E-state index contributed by atoms with van der Waals surface area (Å²) >= 11 is 3.65. The second-order valence-electron chi connectivity index (χ2n) is 10.4. The van der Waals surface area contributed by atoms with Gasteiger partial charge in [-0.25, -0.2) is 14.2 Å². The summed E-state index contributed by atoms with van der Waals surface area (Å²) in [5.41, 5.74) is 2.31. The molecule has 2 aromatic heterocycles. The van der Waals surface area contributed by atoms with E-state index in [1.165, 1.54) is 4.90 Å². The van der Waals surface area contributed by atoms with E-state index in [-0.39, 0.29) is 17.7 Å². The number of amides is 2. The van der Waals surface area contributed by atoms with E-state index < -0.39 is 17.5 Å². The first-order valence-corrected chi connectivity index (χ1v) is 13.6. The number of imidazole rings is 1. The SMILES string of the molecule is CCOc1cc(C(C)N2CCc3c(Br)cc(Cn4ccnc4N(C)C(=O)OC(C)(C)C)cc3C2=O)ncc1F. The van der Waals surface area contributed by atoms with Crippen LogP contribution in [0.15, 0.2) is 41.3 Å². The summed E-state index contributed by atoms with van der Waals surface area (Å²) in [5, 5.41) is 0. The van der Waals surface area contributed by atoms with Gasteiger partial charge in [-0.1, -0.05) is 15.9 Å². The smallest absolute Gasteiger partial charge is 0.416 e. The van der Waals surface area contributed by atoms with E-state index in [9.17, 15) is 14.0 Å². The van der Waals surface area contributed by atoms with Crippen molar-refractivity contribution < 1.29 is 23.5 Å². The number of carbonyl (C=O) groups is 2. The van der Waals surface area contributed by atoms with Crippen LogP contribution in [-0.4, -0.2) is 57.2 Å². The van der Waals surface area contributed by atoms with E-state index in [4.69, 9.17) is 9.47 Å². The fourth-order valence-electron chi connectivity index (χ4n) is 4.51. The van der Waals surface area contributed by atoms with Crippen molar-refractivity contribution in [3.63, 3.8) is 0 Å². The number of nitrogens with zero attached hydrogens (tertiary/aromatic N) is 5. The third-order valence-corrected chi connectivity index (χ3v) is 7.11. The number of rotatable bonds is 7. The number of carbonyl (C=O) groups excluding carboxylic acids is 2. The van der Waals surface area contributed by atoms with Crippen LogP contribution in [0.4, 0.5) is 15.1 Å². The Morgan fingerprint density at radius 2 is 2.00 bits per heavy atom. The first-order valence-electron chi connectivity index (χ1n) is 12.8. The molecule has 1 unspecified atom stereocenters. The van der Waals surface area contributed by atoms with E-state index in [2.05, 4.69) is 25.9 Å². The van der Waals surface area contributed by atoms with Crippen LogP contribution in [0.2, 0.25) is 0 Å². The Balaban J connectivity index is 1.58. The van der Waals surface area contributed by atoms with Crippen LogP contribution in [-0.2, 0) is 17.7 Å². The lowest BCUT2D eigenvalue weighted by atomic mass is 9.95. The molecule has 0 aliphatic carbocycles. The number of halogens is 2. The van der Waals surface area contributed by atoms with Crippen molar-refractivity contribution in [2.75, 3.05) is 25.1 Å². The maximum absolute atomic E-state index is 14.1. The summed E-state index contributed by atoms with van der Waals surface area (Å²) in [6, 6.07) is 5.04. The van der Waals surface area contributed by atoms with E-state index in [1.807, 2.05) is 23.6 Å². The highest BCUT2D eigenvalue weighted by Crippen LogP contribution is 2.33. The average molecular weight is 603 g/mol. The van der Waals surface area contributed by atoms with Crippen LogP contribution in [0.25, 0.3) is 0 Å². The lowest BCUT2D eigenvalue weighted by molar-refractivity contribution is 0.0585. The van der Waals surface area contributed by atoms with Gasteiger partial charge in [-0.15, -0.1) is 0 Å². The molecule has 0 spiro atoms. The molecule has 4 rings (SSSR count). The van der Waals surface area contributed by atoms with Crippen molar-refractivity contribution in [3.05, 3.63) is 69.5 Å². The normalized spacial score (nSPS) is 14.2. The molecule has 2 amide bonds. The van der Waals surface area contributed by atoms with Gasteiger partial charge in [-0.3, -0.25) is 14.7 Å². The fraction of sp³-hybridized carbons (Fsp3) is 0.429. The van der Waals surface area contributed by atoms with Crippen molar-refractivity contribution in [3.8, 4) is 5.75 Å². The molecule has 3 heterocycles. The predicted molar refractivity (Wildman–Crippen MR) is 149 cm³/mol. The maximum atomic E-state index is 14.1. The molecule has 0 bridgehead atoms. The number of pyridine rings is 1. The van der Waals surface area contributed by atoms with E-state index in [0.717, 1.165) is 21.8 Å². The third-order valence-electron chi connectivity index (χ3n) is 6.40. The topological polar surface area (TPSA) is 89.8 Å². The number of hydrogen-bond donors (Lipinski definition) is 0. The molecule has 0 N–H and O–H groups in total. The molecule has 0 saturated carbocycles. The molecule has 1 aliphatic rings. The Morgan fingerprint density at radius 1 is 1.26 bits per heavy atom. The first-order chi connectivity index (χ1) is 18.4. The van der Waals surface area contributed by atoms with Crippen LogP contribution < -0.4 is 9.64 Å². The lowest BCUT2D eigenvalue weighted by Crippen LogP contribution is -2.40. The van der Waals surface area contributed by atoms with Crippen molar-refractivity contribution in [2.45, 2.75) is 59.2 Å². The summed E-state index contributed by atoms with van der Waals surface area (Å²) < 4.78 is 27.6. The molecule has 1 atom stereocenters. The van der Waals surface area contributed by atoms with E-state index in [1.54, 1.807) is 58.1 Å². The molecule has 3 aromatic rings. The molecular weight excluding hydrogens is 569 g/mol. The average Bonchev–Trinajstić information content (AvgIpc) is 3.32. The summed E-state index contributed by atoms with van der Waals surface area (Å²) in [6.45, 7) is 10.3. The molecule has 9 nitrogen and oxygen atoms in total. The van der Waals surface area contributed by atoms with Gasteiger partial charge in [0.1, 0.15) is 5.60 Å². The summed E-state index contributed by atoms with van der Waals surface area (Å²) in [6.07, 6.45) is 4.66. The van der Waals surface area contributed by atoms with Crippen LogP contribution >= 0.6 is 15.9 Å².